The van der Waals surface area contributed by atoms with Gasteiger partial charge in [-0.2, -0.15) is 0 Å². The van der Waals surface area contributed by atoms with Crippen LogP contribution in [0.5, 0.6) is 0 Å². The van der Waals surface area contributed by atoms with Crippen molar-refractivity contribution in [3.63, 3.8) is 0 Å². The van der Waals surface area contributed by atoms with Crippen LogP contribution in [0.25, 0.3) is 5.69 Å². The van der Waals surface area contributed by atoms with Gasteiger partial charge in [-0.3, -0.25) is 0 Å². The molecule has 0 atom stereocenters. The van der Waals surface area contributed by atoms with E-state index in [9.17, 15) is 4.79 Å². The average molecular weight is 312 g/mol. The lowest BCUT2D eigenvalue weighted by Crippen LogP contribution is -2.43. The molecule has 1 aromatic heterocycles. The molecule has 2 N–H and O–H groups in total. The number of carbonyl (C=O) groups excluding carboxylic acids is 1. The van der Waals surface area contributed by atoms with Gasteiger partial charge in [0.15, 0.2) is 0 Å². The van der Waals surface area contributed by atoms with Crippen molar-refractivity contribution in [3.05, 3.63) is 48.5 Å². The molecule has 1 aliphatic rings. The second-order valence-corrected chi connectivity index (χ2v) is 6.42. The van der Waals surface area contributed by atoms with Gasteiger partial charge >= 0.3 is 6.03 Å². The van der Waals surface area contributed by atoms with E-state index in [1.165, 1.54) is 12.8 Å². The molecule has 1 fully saturated rings. The van der Waals surface area contributed by atoms with Crippen LogP contribution in [0.1, 0.15) is 38.2 Å². The molecule has 0 saturated heterocycles. The minimum atomic E-state index is -0.0664. The van der Waals surface area contributed by atoms with Gasteiger partial charge in [0, 0.05) is 30.7 Å². The molecule has 23 heavy (non-hydrogen) atoms. The highest BCUT2D eigenvalue weighted by atomic mass is 16.2. The summed E-state index contributed by atoms with van der Waals surface area (Å²) in [6, 6.07) is 8.37. The van der Waals surface area contributed by atoms with E-state index in [1.54, 1.807) is 12.5 Å². The van der Waals surface area contributed by atoms with E-state index in [4.69, 9.17) is 0 Å². The Kier molecular flexibility index (Phi) is 4.95. The smallest absolute Gasteiger partial charge is 0.315 e. The largest absolute Gasteiger partial charge is 0.335 e. The SMILES string of the molecule is CC1CCC(NC(=O)NCc2ccc(-n3ccnc3)cc2)CC1. The second-order valence-electron chi connectivity index (χ2n) is 6.42. The Bertz CT molecular complexity index is 613. The van der Waals surface area contributed by atoms with Gasteiger partial charge in [0.05, 0.1) is 6.33 Å². The summed E-state index contributed by atoms with van der Waals surface area (Å²) < 4.78 is 1.95. The van der Waals surface area contributed by atoms with E-state index >= 15 is 0 Å². The lowest BCUT2D eigenvalue weighted by atomic mass is 9.87. The fourth-order valence-electron chi connectivity index (χ4n) is 3.02. The number of benzene rings is 1. The molecule has 0 unspecified atom stereocenters. The monoisotopic (exact) mass is 312 g/mol. The highest BCUT2D eigenvalue weighted by Crippen LogP contribution is 2.23. The van der Waals surface area contributed by atoms with Gasteiger partial charge in [-0.1, -0.05) is 19.1 Å². The first-order valence-electron chi connectivity index (χ1n) is 8.32. The van der Waals surface area contributed by atoms with Crippen molar-refractivity contribution in [1.82, 2.24) is 20.2 Å². The number of nitrogens with one attached hydrogen (secondary N) is 2. The second kappa shape index (κ2) is 7.31. The van der Waals surface area contributed by atoms with E-state index in [2.05, 4.69) is 22.5 Å². The quantitative estimate of drug-likeness (QED) is 0.910. The number of hydrogen-bond donors (Lipinski definition) is 2. The van der Waals surface area contributed by atoms with Gasteiger partial charge in [0.1, 0.15) is 0 Å². The summed E-state index contributed by atoms with van der Waals surface area (Å²) in [6.07, 6.45) is 10.0. The molecule has 122 valence electrons. The van der Waals surface area contributed by atoms with Crippen molar-refractivity contribution >= 4 is 6.03 Å². The van der Waals surface area contributed by atoms with Crippen LogP contribution in [-0.2, 0) is 6.54 Å². The number of carbonyl (C=O) groups is 1. The van der Waals surface area contributed by atoms with E-state index in [1.807, 2.05) is 35.0 Å². The van der Waals surface area contributed by atoms with Crippen LogP contribution >= 0.6 is 0 Å². The Labute approximate surface area is 137 Å². The van der Waals surface area contributed by atoms with Gasteiger partial charge in [0.25, 0.3) is 0 Å². The number of amides is 2. The molecule has 5 heteroatoms. The van der Waals surface area contributed by atoms with Crippen LogP contribution in [0.15, 0.2) is 43.0 Å². The number of nitrogens with zero attached hydrogens (tertiary/aromatic N) is 2. The lowest BCUT2D eigenvalue weighted by Gasteiger charge is -2.26. The first kappa shape index (κ1) is 15.6. The molecule has 1 aliphatic carbocycles. The Morgan fingerprint density at radius 2 is 1.96 bits per heavy atom. The van der Waals surface area contributed by atoms with E-state index in [0.717, 1.165) is 30.0 Å². The first-order chi connectivity index (χ1) is 11.2. The van der Waals surface area contributed by atoms with Crippen molar-refractivity contribution in [2.75, 3.05) is 0 Å². The van der Waals surface area contributed by atoms with Gasteiger partial charge in [-0.25, -0.2) is 9.78 Å². The van der Waals surface area contributed by atoms with Crippen LogP contribution in [0.3, 0.4) is 0 Å². The van der Waals surface area contributed by atoms with E-state index < -0.39 is 0 Å². The minimum Gasteiger partial charge on any atom is -0.335 e. The summed E-state index contributed by atoms with van der Waals surface area (Å²) in [5, 5.41) is 6.02. The van der Waals surface area contributed by atoms with Crippen molar-refractivity contribution in [2.24, 2.45) is 5.92 Å². The molecule has 3 rings (SSSR count). The molecule has 1 aromatic carbocycles. The average Bonchev–Trinajstić information content (AvgIpc) is 3.10. The molecule has 5 nitrogen and oxygen atoms in total. The standard InChI is InChI=1S/C18H24N4O/c1-14-2-6-16(7-3-14)21-18(23)20-12-15-4-8-17(9-5-15)22-11-10-19-13-22/h4-5,8-11,13-14,16H,2-3,6-7,12H2,1H3,(H2,20,21,23). The Morgan fingerprint density at radius 1 is 1.22 bits per heavy atom. The zero-order chi connectivity index (χ0) is 16.1. The highest BCUT2D eigenvalue weighted by molar-refractivity contribution is 5.74. The molecule has 0 spiro atoms. The van der Waals surface area contributed by atoms with E-state index in [-0.39, 0.29) is 6.03 Å². The Hall–Kier alpha value is -2.30. The minimum absolute atomic E-state index is 0.0664. The van der Waals surface area contributed by atoms with Crippen molar-refractivity contribution in [2.45, 2.75) is 45.2 Å². The van der Waals surface area contributed by atoms with Gasteiger partial charge in [-0.05, 0) is 49.3 Å². The summed E-state index contributed by atoms with van der Waals surface area (Å²) in [5.74, 6) is 0.796. The summed E-state index contributed by atoms with van der Waals surface area (Å²) in [6.45, 7) is 2.82. The normalized spacial score (nSPS) is 20.9. The fourth-order valence-corrected chi connectivity index (χ4v) is 3.02. The Morgan fingerprint density at radius 3 is 2.61 bits per heavy atom. The highest BCUT2D eigenvalue weighted by Gasteiger charge is 2.19. The molecule has 1 heterocycles. The molecule has 2 aromatic rings. The van der Waals surface area contributed by atoms with Crippen molar-refractivity contribution in [1.29, 1.82) is 0 Å². The van der Waals surface area contributed by atoms with Gasteiger partial charge < -0.3 is 15.2 Å². The maximum Gasteiger partial charge on any atom is 0.315 e. The van der Waals surface area contributed by atoms with Gasteiger partial charge in [0.2, 0.25) is 0 Å². The van der Waals surface area contributed by atoms with Crippen LogP contribution in [-0.4, -0.2) is 21.6 Å². The van der Waals surface area contributed by atoms with Crippen LogP contribution in [0, 0.1) is 5.92 Å². The van der Waals surface area contributed by atoms with Crippen LogP contribution < -0.4 is 10.6 Å². The summed E-state index contributed by atoms with van der Waals surface area (Å²) in [5.41, 5.74) is 2.15. The molecule has 1 saturated carbocycles. The zero-order valence-corrected chi connectivity index (χ0v) is 13.5. The molecule has 2 amide bonds. The summed E-state index contributed by atoms with van der Waals surface area (Å²) in [4.78, 5) is 16.0. The van der Waals surface area contributed by atoms with Gasteiger partial charge in [-0.15, -0.1) is 0 Å². The lowest BCUT2D eigenvalue weighted by molar-refractivity contribution is 0.228. The third kappa shape index (κ3) is 4.34. The number of rotatable bonds is 4. The maximum absolute atomic E-state index is 12.0. The Balaban J connectivity index is 1.45. The van der Waals surface area contributed by atoms with Crippen molar-refractivity contribution < 1.29 is 4.79 Å². The third-order valence-corrected chi connectivity index (χ3v) is 4.54. The fraction of sp³-hybridized carbons (Fsp3) is 0.444. The van der Waals surface area contributed by atoms with Crippen LogP contribution in [0.4, 0.5) is 4.79 Å². The third-order valence-electron chi connectivity index (χ3n) is 4.54. The predicted molar refractivity (Wildman–Crippen MR) is 90.4 cm³/mol. The summed E-state index contributed by atoms with van der Waals surface area (Å²) in [7, 11) is 0. The molecular weight excluding hydrogens is 288 g/mol. The van der Waals surface area contributed by atoms with E-state index in [0.29, 0.717) is 12.6 Å². The number of imidazole rings is 1. The zero-order valence-electron chi connectivity index (χ0n) is 13.5. The van der Waals surface area contributed by atoms with Crippen LogP contribution in [0.2, 0.25) is 0 Å². The first-order valence-corrected chi connectivity index (χ1v) is 8.32. The maximum atomic E-state index is 12.0. The number of urea groups is 1. The summed E-state index contributed by atoms with van der Waals surface area (Å²) >= 11 is 0. The number of hydrogen-bond acceptors (Lipinski definition) is 2. The topological polar surface area (TPSA) is 59.0 Å². The molecule has 0 radical (unpaired) electrons. The molecule has 0 bridgehead atoms. The molecule has 0 aliphatic heterocycles. The number of aromatic nitrogens is 2. The van der Waals surface area contributed by atoms with Crippen molar-refractivity contribution in [3.8, 4) is 5.69 Å². The predicted octanol–water partition coefficient (Wildman–Crippen LogP) is 3.25. The molecular formula is C18H24N4O.